The van der Waals surface area contributed by atoms with Crippen LogP contribution < -0.4 is 5.56 Å². The Balaban J connectivity index is 2.58. The number of benzene rings is 1. The number of rotatable bonds is 0. The summed E-state index contributed by atoms with van der Waals surface area (Å²) in [5, 5.41) is 9.60. The van der Waals surface area contributed by atoms with E-state index in [-0.39, 0.29) is 11.1 Å². The molecule has 5 heteroatoms. The minimum Gasteiger partial charge on any atom is -0.319 e. The van der Waals surface area contributed by atoms with E-state index in [9.17, 15) is 4.79 Å². The highest BCUT2D eigenvalue weighted by molar-refractivity contribution is 7.16. The number of nitriles is 1. The summed E-state index contributed by atoms with van der Waals surface area (Å²) in [5.41, 5.74) is 2.98. The summed E-state index contributed by atoms with van der Waals surface area (Å²) in [6, 6.07) is 7.28. The highest BCUT2D eigenvalue weighted by Crippen LogP contribution is 2.24. The summed E-state index contributed by atoms with van der Waals surface area (Å²) in [7, 11) is 0. The first kappa shape index (κ1) is 9.07. The van der Waals surface area contributed by atoms with E-state index in [0.29, 0.717) is 5.52 Å². The molecule has 0 bridgehead atoms. The maximum Gasteiger partial charge on any atom is 0.266 e. The number of nitrogens with zero attached hydrogens (tertiary/aromatic N) is 2. The molecule has 1 aromatic carbocycles. The molecule has 0 saturated carbocycles. The normalized spacial score (nSPS) is 10.7. The SMILES string of the molecule is N#Cc1cc2ccc3scnc3c2[nH]c1=O. The van der Waals surface area contributed by atoms with E-state index in [1.54, 1.807) is 11.6 Å². The average Bonchev–Trinajstić information content (AvgIpc) is 2.76. The number of fused-ring (bicyclic) bond motifs is 3. The van der Waals surface area contributed by atoms with E-state index in [2.05, 4.69) is 9.97 Å². The van der Waals surface area contributed by atoms with Crippen molar-refractivity contribution in [3.05, 3.63) is 39.6 Å². The average molecular weight is 227 g/mol. The molecule has 0 amide bonds. The first-order valence-corrected chi connectivity index (χ1v) is 5.47. The molecule has 4 nitrogen and oxygen atoms in total. The smallest absolute Gasteiger partial charge is 0.266 e. The molecule has 0 fully saturated rings. The zero-order valence-corrected chi connectivity index (χ0v) is 8.84. The van der Waals surface area contributed by atoms with Gasteiger partial charge in [-0.1, -0.05) is 6.07 Å². The highest BCUT2D eigenvalue weighted by atomic mass is 32.1. The van der Waals surface area contributed by atoms with Crippen molar-refractivity contribution >= 4 is 32.5 Å². The second-order valence-corrected chi connectivity index (χ2v) is 4.24. The van der Waals surface area contributed by atoms with E-state index in [1.165, 1.54) is 11.3 Å². The van der Waals surface area contributed by atoms with Crippen LogP contribution in [0, 0.1) is 11.3 Å². The van der Waals surface area contributed by atoms with Crippen molar-refractivity contribution in [3.8, 4) is 6.07 Å². The number of aromatic amines is 1. The van der Waals surface area contributed by atoms with Gasteiger partial charge in [0.05, 0.1) is 15.7 Å². The van der Waals surface area contributed by atoms with Gasteiger partial charge in [0.2, 0.25) is 0 Å². The van der Waals surface area contributed by atoms with Gasteiger partial charge in [-0.15, -0.1) is 11.3 Å². The summed E-state index contributed by atoms with van der Waals surface area (Å²) >= 11 is 1.52. The predicted molar refractivity (Wildman–Crippen MR) is 62.5 cm³/mol. The molecule has 0 aliphatic rings. The van der Waals surface area contributed by atoms with Crippen molar-refractivity contribution in [2.24, 2.45) is 0 Å². The lowest BCUT2D eigenvalue weighted by molar-refractivity contribution is 1.28. The van der Waals surface area contributed by atoms with Crippen LogP contribution in [0.4, 0.5) is 0 Å². The topological polar surface area (TPSA) is 69.5 Å². The molecule has 0 atom stereocenters. The first-order valence-electron chi connectivity index (χ1n) is 4.59. The van der Waals surface area contributed by atoms with Crippen LogP contribution in [0.25, 0.3) is 21.1 Å². The fourth-order valence-electron chi connectivity index (χ4n) is 1.68. The fourth-order valence-corrected chi connectivity index (χ4v) is 2.37. The number of thiazole rings is 1. The molecular formula is C11H5N3OS. The van der Waals surface area contributed by atoms with Crippen LogP contribution in [-0.2, 0) is 0 Å². The van der Waals surface area contributed by atoms with Gasteiger partial charge in [-0.05, 0) is 12.1 Å². The molecule has 0 radical (unpaired) electrons. The van der Waals surface area contributed by atoms with Crippen molar-refractivity contribution in [2.75, 3.05) is 0 Å². The number of hydrogen-bond donors (Lipinski definition) is 1. The molecule has 0 aliphatic heterocycles. The Morgan fingerprint density at radius 3 is 3.12 bits per heavy atom. The molecule has 3 aromatic rings. The van der Waals surface area contributed by atoms with Gasteiger partial charge in [0, 0.05) is 5.39 Å². The van der Waals surface area contributed by atoms with E-state index in [0.717, 1.165) is 15.6 Å². The minimum absolute atomic E-state index is 0.127. The molecule has 0 spiro atoms. The van der Waals surface area contributed by atoms with E-state index >= 15 is 0 Å². The summed E-state index contributed by atoms with van der Waals surface area (Å²) in [5.74, 6) is 0. The number of hydrogen-bond acceptors (Lipinski definition) is 4. The zero-order valence-electron chi connectivity index (χ0n) is 8.02. The van der Waals surface area contributed by atoms with Gasteiger partial charge in [0.1, 0.15) is 17.1 Å². The Hall–Kier alpha value is -2.19. The van der Waals surface area contributed by atoms with Crippen LogP contribution in [0.1, 0.15) is 5.56 Å². The Kier molecular flexibility index (Phi) is 1.79. The third-order valence-electron chi connectivity index (χ3n) is 2.44. The molecule has 0 unspecified atom stereocenters. The van der Waals surface area contributed by atoms with Crippen LogP contribution in [0.2, 0.25) is 0 Å². The quantitative estimate of drug-likeness (QED) is 0.638. The second-order valence-electron chi connectivity index (χ2n) is 3.35. The van der Waals surface area contributed by atoms with E-state index in [4.69, 9.17) is 5.26 Å². The number of H-pyrrole nitrogens is 1. The van der Waals surface area contributed by atoms with Crippen LogP contribution in [0.15, 0.2) is 28.5 Å². The number of aromatic nitrogens is 2. The Morgan fingerprint density at radius 1 is 1.44 bits per heavy atom. The monoisotopic (exact) mass is 227 g/mol. The standard InChI is InChI=1S/C11H5N3OS/c12-4-7-3-6-1-2-8-10(13-5-16-8)9(6)14-11(7)15/h1-3,5H,(H,14,15). The van der Waals surface area contributed by atoms with Gasteiger partial charge in [0.25, 0.3) is 5.56 Å². The third-order valence-corrected chi connectivity index (χ3v) is 3.23. The fraction of sp³-hybridized carbons (Fsp3) is 0. The Labute approximate surface area is 93.8 Å². The Morgan fingerprint density at radius 2 is 2.31 bits per heavy atom. The van der Waals surface area contributed by atoms with Gasteiger partial charge >= 0.3 is 0 Å². The molecule has 76 valence electrons. The molecule has 1 N–H and O–H groups in total. The van der Waals surface area contributed by atoms with Crippen molar-refractivity contribution in [3.63, 3.8) is 0 Å². The predicted octanol–water partition coefficient (Wildman–Crippen LogP) is 2.01. The first-order chi connectivity index (χ1) is 7.79. The van der Waals surface area contributed by atoms with Gasteiger partial charge in [-0.25, -0.2) is 4.98 Å². The molecule has 3 rings (SSSR count). The highest BCUT2D eigenvalue weighted by Gasteiger charge is 2.06. The molecular weight excluding hydrogens is 222 g/mol. The van der Waals surface area contributed by atoms with Crippen molar-refractivity contribution in [1.29, 1.82) is 5.26 Å². The lowest BCUT2D eigenvalue weighted by Gasteiger charge is -1.98. The van der Waals surface area contributed by atoms with Crippen LogP contribution in [0.5, 0.6) is 0 Å². The molecule has 2 aromatic heterocycles. The van der Waals surface area contributed by atoms with Gasteiger partial charge in [-0.3, -0.25) is 4.79 Å². The summed E-state index contributed by atoms with van der Waals surface area (Å²) < 4.78 is 1.02. The van der Waals surface area contributed by atoms with Gasteiger partial charge in [0.15, 0.2) is 0 Å². The molecule has 16 heavy (non-hydrogen) atoms. The Bertz CT molecular complexity index is 794. The van der Waals surface area contributed by atoms with Crippen molar-refractivity contribution in [1.82, 2.24) is 9.97 Å². The van der Waals surface area contributed by atoms with Crippen molar-refractivity contribution in [2.45, 2.75) is 0 Å². The summed E-state index contributed by atoms with van der Waals surface area (Å²) in [6.45, 7) is 0. The van der Waals surface area contributed by atoms with Crippen molar-refractivity contribution < 1.29 is 0 Å². The summed E-state index contributed by atoms with van der Waals surface area (Å²) in [6.07, 6.45) is 0. The number of nitrogens with one attached hydrogen (secondary N) is 1. The van der Waals surface area contributed by atoms with Crippen LogP contribution in [-0.4, -0.2) is 9.97 Å². The molecule has 2 heterocycles. The second kappa shape index (κ2) is 3.15. The zero-order chi connectivity index (χ0) is 11.1. The lowest BCUT2D eigenvalue weighted by atomic mass is 10.1. The van der Waals surface area contributed by atoms with Crippen LogP contribution >= 0.6 is 11.3 Å². The maximum absolute atomic E-state index is 11.5. The minimum atomic E-state index is -0.365. The molecule has 0 aliphatic carbocycles. The van der Waals surface area contributed by atoms with Gasteiger partial charge < -0.3 is 4.98 Å². The lowest BCUT2D eigenvalue weighted by Crippen LogP contribution is -2.09. The largest absolute Gasteiger partial charge is 0.319 e. The molecule has 0 saturated heterocycles. The number of pyridine rings is 1. The third kappa shape index (κ3) is 1.14. The summed E-state index contributed by atoms with van der Waals surface area (Å²) in [4.78, 5) is 18.4. The van der Waals surface area contributed by atoms with E-state index in [1.807, 2.05) is 18.2 Å². The van der Waals surface area contributed by atoms with Crippen LogP contribution in [0.3, 0.4) is 0 Å². The maximum atomic E-state index is 11.5. The van der Waals surface area contributed by atoms with Gasteiger partial charge in [-0.2, -0.15) is 5.26 Å². The van der Waals surface area contributed by atoms with E-state index < -0.39 is 0 Å².